The Labute approximate surface area is 161 Å². The molecule has 0 bridgehead atoms. The fourth-order valence-corrected chi connectivity index (χ4v) is 2.70. The lowest BCUT2D eigenvalue weighted by molar-refractivity contribution is -0.378. The SMILES string of the molecule is CCC(C)c1cc(C(O)(C(F)(F)F)C(F)(F)F)ccc1C(O)(C(F)(F)F)C(F)(F)F. The van der Waals surface area contributed by atoms with Gasteiger partial charge in [-0.2, -0.15) is 52.7 Å². The maximum absolute atomic E-state index is 13.2. The quantitative estimate of drug-likeness (QED) is 0.549. The maximum Gasteiger partial charge on any atom is 0.430 e. The van der Waals surface area contributed by atoms with E-state index in [1.165, 1.54) is 6.92 Å². The molecule has 2 N–H and O–H groups in total. The Morgan fingerprint density at radius 2 is 1.07 bits per heavy atom. The lowest BCUT2D eigenvalue weighted by Gasteiger charge is -2.37. The van der Waals surface area contributed by atoms with E-state index < -0.39 is 58.5 Å². The van der Waals surface area contributed by atoms with Gasteiger partial charge in [0.2, 0.25) is 0 Å². The Morgan fingerprint density at radius 3 is 1.37 bits per heavy atom. The first-order valence-corrected chi connectivity index (χ1v) is 7.93. The van der Waals surface area contributed by atoms with E-state index in [0.717, 1.165) is 6.92 Å². The third-order valence-electron chi connectivity index (χ3n) is 4.64. The molecule has 14 heteroatoms. The average Bonchev–Trinajstić information content (AvgIpc) is 2.55. The van der Waals surface area contributed by atoms with Crippen LogP contribution >= 0.6 is 0 Å². The van der Waals surface area contributed by atoms with Gasteiger partial charge in [-0.15, -0.1) is 0 Å². The summed E-state index contributed by atoms with van der Waals surface area (Å²) in [6.07, 6.45) is -26.0. The molecule has 0 amide bonds. The van der Waals surface area contributed by atoms with Gasteiger partial charge in [0.25, 0.3) is 11.2 Å². The smallest absolute Gasteiger partial charge is 0.369 e. The molecule has 0 aliphatic rings. The lowest BCUT2D eigenvalue weighted by Crippen LogP contribution is -2.55. The third-order valence-corrected chi connectivity index (χ3v) is 4.64. The van der Waals surface area contributed by atoms with Crippen molar-refractivity contribution in [3.05, 3.63) is 34.9 Å². The van der Waals surface area contributed by atoms with Crippen LogP contribution in [0.1, 0.15) is 42.9 Å². The van der Waals surface area contributed by atoms with Gasteiger partial charge >= 0.3 is 24.7 Å². The molecule has 0 saturated carbocycles. The van der Waals surface area contributed by atoms with Crippen molar-refractivity contribution in [1.82, 2.24) is 0 Å². The highest BCUT2D eigenvalue weighted by atomic mass is 19.4. The summed E-state index contributed by atoms with van der Waals surface area (Å²) in [7, 11) is 0. The van der Waals surface area contributed by atoms with Gasteiger partial charge in [-0.05, 0) is 17.9 Å². The molecule has 0 aliphatic carbocycles. The van der Waals surface area contributed by atoms with Crippen molar-refractivity contribution in [1.29, 1.82) is 0 Å². The first-order chi connectivity index (χ1) is 13.1. The van der Waals surface area contributed by atoms with Gasteiger partial charge in [0, 0.05) is 11.1 Å². The minimum Gasteiger partial charge on any atom is -0.369 e. The van der Waals surface area contributed by atoms with Gasteiger partial charge in [-0.1, -0.05) is 32.0 Å². The fraction of sp³-hybridized carbons (Fsp3) is 0.625. The molecule has 0 spiro atoms. The van der Waals surface area contributed by atoms with Gasteiger partial charge in [0.05, 0.1) is 0 Å². The van der Waals surface area contributed by atoms with E-state index in [1.54, 1.807) is 0 Å². The fourth-order valence-electron chi connectivity index (χ4n) is 2.70. The van der Waals surface area contributed by atoms with Crippen molar-refractivity contribution in [2.75, 3.05) is 0 Å². The summed E-state index contributed by atoms with van der Waals surface area (Å²) in [5.74, 6) is -1.46. The van der Waals surface area contributed by atoms with Crippen LogP contribution < -0.4 is 0 Å². The molecule has 0 fully saturated rings. The standard InChI is InChI=1S/C16H14F12O2/c1-3-7(2)9-6-8(11(29,13(17,18)19)14(20,21)22)4-5-10(9)12(30,15(23,24)25)16(26,27)28/h4-7,29-30H,3H2,1-2H3. The Bertz CT molecular complexity index is 729. The Morgan fingerprint density at radius 1 is 0.700 bits per heavy atom. The van der Waals surface area contributed by atoms with E-state index >= 15 is 0 Å². The lowest BCUT2D eigenvalue weighted by atomic mass is 9.79. The average molecular weight is 466 g/mol. The van der Waals surface area contributed by atoms with Crippen molar-refractivity contribution in [2.45, 2.75) is 62.1 Å². The second kappa shape index (κ2) is 7.46. The summed E-state index contributed by atoms with van der Waals surface area (Å²) in [5, 5.41) is 18.9. The van der Waals surface area contributed by atoms with Crippen molar-refractivity contribution in [3.8, 4) is 0 Å². The van der Waals surface area contributed by atoms with Gasteiger partial charge in [0.15, 0.2) is 0 Å². The molecule has 174 valence electrons. The molecule has 1 aromatic rings. The summed E-state index contributed by atoms with van der Waals surface area (Å²) in [4.78, 5) is 0. The number of hydrogen-bond acceptors (Lipinski definition) is 2. The van der Waals surface area contributed by atoms with Crippen molar-refractivity contribution in [3.63, 3.8) is 0 Å². The number of rotatable bonds is 4. The monoisotopic (exact) mass is 466 g/mol. The first kappa shape index (κ1) is 26.3. The molecule has 0 aromatic heterocycles. The molecule has 1 atom stereocenters. The summed E-state index contributed by atoms with van der Waals surface area (Å²) >= 11 is 0. The highest BCUT2D eigenvalue weighted by molar-refractivity contribution is 5.43. The zero-order valence-electron chi connectivity index (χ0n) is 14.9. The van der Waals surface area contributed by atoms with Crippen LogP contribution in [0.5, 0.6) is 0 Å². The highest BCUT2D eigenvalue weighted by Gasteiger charge is 2.73. The van der Waals surface area contributed by atoms with Crippen LogP contribution in [0, 0.1) is 0 Å². The van der Waals surface area contributed by atoms with E-state index in [-0.39, 0.29) is 24.6 Å². The second-order valence-corrected chi connectivity index (χ2v) is 6.52. The van der Waals surface area contributed by atoms with Crippen LogP contribution in [0.3, 0.4) is 0 Å². The van der Waals surface area contributed by atoms with E-state index in [9.17, 15) is 62.9 Å². The van der Waals surface area contributed by atoms with Gasteiger partial charge < -0.3 is 10.2 Å². The summed E-state index contributed by atoms with van der Waals surface area (Å²) < 4.78 is 157. The molecule has 30 heavy (non-hydrogen) atoms. The predicted octanol–water partition coefficient (Wildman–Crippen LogP) is 5.82. The van der Waals surface area contributed by atoms with Gasteiger partial charge in [0.1, 0.15) is 0 Å². The van der Waals surface area contributed by atoms with E-state index in [4.69, 9.17) is 0 Å². The van der Waals surface area contributed by atoms with Crippen LogP contribution in [0.15, 0.2) is 18.2 Å². The molecule has 1 rings (SSSR count). The molecule has 1 aromatic carbocycles. The first-order valence-electron chi connectivity index (χ1n) is 7.93. The van der Waals surface area contributed by atoms with Crippen molar-refractivity contribution in [2.24, 2.45) is 0 Å². The van der Waals surface area contributed by atoms with E-state index in [0.29, 0.717) is 0 Å². The van der Waals surface area contributed by atoms with Gasteiger partial charge in [-0.25, -0.2) is 0 Å². The minimum atomic E-state index is -6.42. The molecule has 0 radical (unpaired) electrons. The van der Waals surface area contributed by atoms with Crippen LogP contribution in [-0.4, -0.2) is 34.9 Å². The zero-order valence-corrected chi connectivity index (χ0v) is 14.9. The molecule has 2 nitrogen and oxygen atoms in total. The minimum absolute atomic E-state index is 0.257. The predicted molar refractivity (Wildman–Crippen MR) is 77.2 cm³/mol. The largest absolute Gasteiger partial charge is 0.430 e. The Balaban J connectivity index is 4.04. The topological polar surface area (TPSA) is 40.5 Å². The van der Waals surface area contributed by atoms with E-state index in [2.05, 4.69) is 0 Å². The molecule has 0 aliphatic heterocycles. The molecule has 1 unspecified atom stereocenters. The number of alkyl halides is 12. The summed E-state index contributed by atoms with van der Waals surface area (Å²) in [6.45, 7) is 2.11. The second-order valence-electron chi connectivity index (χ2n) is 6.52. The third kappa shape index (κ3) is 3.95. The van der Waals surface area contributed by atoms with Crippen LogP contribution in [0.4, 0.5) is 52.7 Å². The van der Waals surface area contributed by atoms with Crippen LogP contribution in [-0.2, 0) is 11.2 Å². The summed E-state index contributed by atoms with van der Waals surface area (Å²) in [6, 6.07) is -0.988. The molecular weight excluding hydrogens is 452 g/mol. The van der Waals surface area contributed by atoms with E-state index in [1.807, 2.05) is 0 Å². The van der Waals surface area contributed by atoms with Crippen LogP contribution in [0.2, 0.25) is 0 Å². The molecule has 0 saturated heterocycles. The van der Waals surface area contributed by atoms with Gasteiger partial charge in [-0.3, -0.25) is 0 Å². The number of halogens is 12. The highest BCUT2D eigenvalue weighted by Crippen LogP contribution is 2.54. The molecular formula is C16H14F12O2. The molecule has 0 heterocycles. The Hall–Kier alpha value is -1.70. The summed E-state index contributed by atoms with van der Waals surface area (Å²) in [5.41, 5.74) is -16.5. The normalized spacial score (nSPS) is 16.0. The van der Waals surface area contributed by atoms with Crippen molar-refractivity contribution < 1.29 is 62.9 Å². The zero-order chi connectivity index (χ0) is 24.1. The maximum atomic E-state index is 13.2. The van der Waals surface area contributed by atoms with Crippen LogP contribution in [0.25, 0.3) is 0 Å². The number of benzene rings is 1. The number of aliphatic hydroxyl groups is 2. The Kier molecular flexibility index (Phi) is 6.55. The van der Waals surface area contributed by atoms with Crippen molar-refractivity contribution >= 4 is 0 Å². The number of hydrogen-bond donors (Lipinski definition) is 2.